The summed E-state index contributed by atoms with van der Waals surface area (Å²) in [6.07, 6.45) is 1.46. The third-order valence-corrected chi connectivity index (χ3v) is 3.59. The first-order valence-electron chi connectivity index (χ1n) is 6.07. The van der Waals surface area contributed by atoms with Gasteiger partial charge in [0.25, 0.3) is 0 Å². The van der Waals surface area contributed by atoms with Crippen molar-refractivity contribution < 1.29 is 14.2 Å². The fraction of sp³-hybridized carbons (Fsp3) is 0.200. The van der Waals surface area contributed by atoms with Gasteiger partial charge in [-0.25, -0.2) is 4.39 Å². The van der Waals surface area contributed by atoms with Gasteiger partial charge in [0.05, 0.1) is 5.02 Å². The molecule has 3 rings (SSSR count). The number of halogens is 2. The lowest BCUT2D eigenvalue weighted by atomic mass is 9.97. The first-order valence-corrected chi connectivity index (χ1v) is 6.45. The molecule has 0 bridgehead atoms. The lowest BCUT2D eigenvalue weighted by Crippen LogP contribution is -2.15. The Morgan fingerprint density at radius 2 is 2.05 bits per heavy atom. The number of hydrogen-bond acceptors (Lipinski definition) is 2. The first-order chi connectivity index (χ1) is 9.13. The molecule has 0 saturated carbocycles. The third-order valence-electron chi connectivity index (χ3n) is 3.30. The Hall–Kier alpha value is -1.74. The average molecular weight is 279 g/mol. The maximum atomic E-state index is 13.1. The van der Waals surface area contributed by atoms with Gasteiger partial charge in [0, 0.05) is 0 Å². The van der Waals surface area contributed by atoms with E-state index < -0.39 is 5.82 Å². The van der Waals surface area contributed by atoms with Crippen molar-refractivity contribution in [3.05, 3.63) is 58.4 Å². The molecule has 4 heteroatoms. The highest BCUT2D eigenvalue weighted by Crippen LogP contribution is 2.37. The van der Waals surface area contributed by atoms with Crippen molar-refractivity contribution in [2.75, 3.05) is 0 Å². The normalized spacial score (nSPS) is 17.7. The Bertz CT molecular complexity index is 628. The van der Waals surface area contributed by atoms with E-state index in [0.29, 0.717) is 0 Å². The Kier molecular flexibility index (Phi) is 3.07. The molecule has 1 atom stereocenters. The fourth-order valence-corrected chi connectivity index (χ4v) is 2.51. The molecule has 0 radical (unpaired) electrons. The topological polar surface area (TPSA) is 29.5 Å². The molecule has 0 aliphatic carbocycles. The predicted molar refractivity (Wildman–Crippen MR) is 71.2 cm³/mol. The van der Waals surface area contributed by atoms with E-state index in [0.717, 1.165) is 29.7 Å². The second-order valence-electron chi connectivity index (χ2n) is 4.61. The predicted octanol–water partition coefficient (Wildman–Crippen LogP) is 4.25. The smallest absolute Gasteiger partial charge is 0.141 e. The second kappa shape index (κ2) is 4.74. The molecule has 2 nitrogen and oxygen atoms in total. The number of aryl methyl sites for hydroxylation is 1. The van der Waals surface area contributed by atoms with Crippen molar-refractivity contribution >= 4 is 11.6 Å². The maximum Gasteiger partial charge on any atom is 0.141 e. The second-order valence-corrected chi connectivity index (χ2v) is 5.02. The molecule has 0 saturated heterocycles. The van der Waals surface area contributed by atoms with Crippen molar-refractivity contribution in [2.45, 2.75) is 18.9 Å². The number of ether oxygens (including phenoxy) is 1. The highest BCUT2D eigenvalue weighted by molar-refractivity contribution is 6.30. The number of phenolic OH excluding ortho intramolecular Hbond substituents is 1. The summed E-state index contributed by atoms with van der Waals surface area (Å²) in [6, 6.07) is 9.71. The minimum Gasteiger partial charge on any atom is -0.508 e. The van der Waals surface area contributed by atoms with E-state index >= 15 is 0 Å². The lowest BCUT2D eigenvalue weighted by molar-refractivity contribution is 0.176. The SMILES string of the molecule is Oc1ccc2c(c1)CCC(c1ccc(F)c(Cl)c1)O2. The minimum absolute atomic E-state index is 0.109. The van der Waals surface area contributed by atoms with Gasteiger partial charge in [-0.05, 0) is 54.3 Å². The Morgan fingerprint density at radius 1 is 1.21 bits per heavy atom. The zero-order chi connectivity index (χ0) is 13.4. The van der Waals surface area contributed by atoms with Crippen LogP contribution in [0, 0.1) is 5.82 Å². The van der Waals surface area contributed by atoms with Gasteiger partial charge in [0.15, 0.2) is 0 Å². The Balaban J connectivity index is 1.89. The zero-order valence-corrected chi connectivity index (χ0v) is 10.8. The summed E-state index contributed by atoms with van der Waals surface area (Å²) in [7, 11) is 0. The van der Waals surface area contributed by atoms with Gasteiger partial charge >= 0.3 is 0 Å². The average Bonchev–Trinajstić information content (AvgIpc) is 2.41. The van der Waals surface area contributed by atoms with Crippen LogP contribution in [-0.2, 0) is 6.42 Å². The Morgan fingerprint density at radius 3 is 2.84 bits per heavy atom. The summed E-state index contributed by atoms with van der Waals surface area (Å²) in [5.41, 5.74) is 1.86. The molecular formula is C15H12ClFO2. The summed E-state index contributed by atoms with van der Waals surface area (Å²) in [6.45, 7) is 0. The summed E-state index contributed by atoms with van der Waals surface area (Å²) < 4.78 is 19.0. The molecule has 2 aromatic carbocycles. The van der Waals surface area contributed by atoms with Crippen LogP contribution in [0.1, 0.15) is 23.7 Å². The van der Waals surface area contributed by atoms with Crippen LogP contribution in [0.25, 0.3) is 0 Å². The summed E-state index contributed by atoms with van der Waals surface area (Å²) in [5.74, 6) is 0.576. The number of hydrogen-bond donors (Lipinski definition) is 1. The van der Waals surface area contributed by atoms with E-state index in [4.69, 9.17) is 16.3 Å². The van der Waals surface area contributed by atoms with Gasteiger partial charge in [0.1, 0.15) is 23.4 Å². The van der Waals surface area contributed by atoms with E-state index in [1.54, 1.807) is 30.3 Å². The monoisotopic (exact) mass is 278 g/mol. The van der Waals surface area contributed by atoms with Gasteiger partial charge in [-0.1, -0.05) is 17.7 Å². The van der Waals surface area contributed by atoms with Crippen LogP contribution in [0.3, 0.4) is 0 Å². The van der Waals surface area contributed by atoms with E-state index in [-0.39, 0.29) is 16.9 Å². The molecule has 0 spiro atoms. The lowest BCUT2D eigenvalue weighted by Gasteiger charge is -2.26. The molecular weight excluding hydrogens is 267 g/mol. The molecule has 2 aromatic rings. The molecule has 0 aromatic heterocycles. The Labute approximate surface area is 115 Å². The number of rotatable bonds is 1. The van der Waals surface area contributed by atoms with Crippen LogP contribution < -0.4 is 4.74 Å². The number of fused-ring (bicyclic) bond motifs is 1. The van der Waals surface area contributed by atoms with Crippen LogP contribution in [0.5, 0.6) is 11.5 Å². The van der Waals surface area contributed by atoms with E-state index in [1.165, 1.54) is 6.07 Å². The standard InChI is InChI=1S/C15H12ClFO2/c16-12-8-10(1-4-13(12)17)14-5-2-9-7-11(18)3-6-15(9)19-14/h1,3-4,6-8,14,18H,2,5H2. The maximum absolute atomic E-state index is 13.1. The molecule has 98 valence electrons. The largest absolute Gasteiger partial charge is 0.508 e. The van der Waals surface area contributed by atoms with Crippen molar-refractivity contribution in [1.29, 1.82) is 0 Å². The van der Waals surface area contributed by atoms with E-state index in [1.807, 2.05) is 0 Å². The summed E-state index contributed by atoms with van der Waals surface area (Å²) in [5, 5.41) is 9.53. The molecule has 19 heavy (non-hydrogen) atoms. The van der Waals surface area contributed by atoms with E-state index in [9.17, 15) is 9.50 Å². The van der Waals surface area contributed by atoms with Gasteiger partial charge in [-0.15, -0.1) is 0 Å². The van der Waals surface area contributed by atoms with Gasteiger partial charge in [-0.2, -0.15) is 0 Å². The molecule has 1 unspecified atom stereocenters. The highest BCUT2D eigenvalue weighted by Gasteiger charge is 2.22. The van der Waals surface area contributed by atoms with Gasteiger partial charge in [-0.3, -0.25) is 0 Å². The molecule has 1 heterocycles. The zero-order valence-electron chi connectivity index (χ0n) is 10.1. The minimum atomic E-state index is -0.424. The van der Waals surface area contributed by atoms with Gasteiger partial charge < -0.3 is 9.84 Å². The van der Waals surface area contributed by atoms with Crippen LogP contribution >= 0.6 is 11.6 Å². The highest BCUT2D eigenvalue weighted by atomic mass is 35.5. The number of aromatic hydroxyl groups is 1. The number of benzene rings is 2. The first kappa shape index (κ1) is 12.3. The molecule has 1 N–H and O–H groups in total. The van der Waals surface area contributed by atoms with Crippen LogP contribution in [0.4, 0.5) is 4.39 Å². The quantitative estimate of drug-likeness (QED) is 0.845. The van der Waals surface area contributed by atoms with Crippen molar-refractivity contribution in [1.82, 2.24) is 0 Å². The van der Waals surface area contributed by atoms with Crippen molar-refractivity contribution in [2.24, 2.45) is 0 Å². The van der Waals surface area contributed by atoms with Crippen molar-refractivity contribution in [3.63, 3.8) is 0 Å². The van der Waals surface area contributed by atoms with Crippen LogP contribution in [0.2, 0.25) is 5.02 Å². The summed E-state index contributed by atoms with van der Waals surface area (Å²) in [4.78, 5) is 0. The van der Waals surface area contributed by atoms with Crippen LogP contribution in [0.15, 0.2) is 36.4 Å². The third kappa shape index (κ3) is 2.38. The molecule has 1 aliphatic heterocycles. The number of phenols is 1. The van der Waals surface area contributed by atoms with Crippen LogP contribution in [-0.4, -0.2) is 5.11 Å². The molecule has 0 amide bonds. The van der Waals surface area contributed by atoms with E-state index in [2.05, 4.69) is 0 Å². The van der Waals surface area contributed by atoms with Gasteiger partial charge in [0.2, 0.25) is 0 Å². The molecule has 1 aliphatic rings. The molecule has 0 fully saturated rings. The van der Waals surface area contributed by atoms with Crippen molar-refractivity contribution in [3.8, 4) is 11.5 Å². The fourth-order valence-electron chi connectivity index (χ4n) is 2.32. The summed E-state index contributed by atoms with van der Waals surface area (Å²) >= 11 is 5.79.